The lowest BCUT2D eigenvalue weighted by atomic mass is 9.94. The highest BCUT2D eigenvalue weighted by atomic mass is 16.3. The van der Waals surface area contributed by atoms with Gasteiger partial charge in [0.05, 0.1) is 11.1 Å². The Hall–Kier alpha value is -3.12. The van der Waals surface area contributed by atoms with Crippen LogP contribution in [0.3, 0.4) is 0 Å². The van der Waals surface area contributed by atoms with Gasteiger partial charge in [-0.2, -0.15) is 5.26 Å². The van der Waals surface area contributed by atoms with Crippen molar-refractivity contribution in [2.75, 3.05) is 0 Å². The number of hydrogen-bond donors (Lipinski definition) is 0. The molecule has 2 heterocycles. The minimum absolute atomic E-state index is 0.449. The van der Waals surface area contributed by atoms with Gasteiger partial charge in [0.25, 0.3) is 0 Å². The summed E-state index contributed by atoms with van der Waals surface area (Å²) in [6.07, 6.45) is 2.19. The second-order valence-electron chi connectivity index (χ2n) is 7.59. The lowest BCUT2D eigenvalue weighted by Gasteiger charge is -2.12. The fourth-order valence-electron chi connectivity index (χ4n) is 4.03. The van der Waals surface area contributed by atoms with E-state index in [1.165, 1.54) is 11.1 Å². The molecule has 0 N–H and O–H groups in total. The summed E-state index contributed by atoms with van der Waals surface area (Å²) in [5, 5.41) is 11.5. The first-order valence-corrected chi connectivity index (χ1v) is 9.27. The predicted octanol–water partition coefficient (Wildman–Crippen LogP) is 5.69. The van der Waals surface area contributed by atoms with Crippen LogP contribution in [0.15, 0.2) is 47.0 Å². The number of nitriles is 1. The Morgan fingerprint density at radius 2 is 1.74 bits per heavy atom. The zero-order valence-corrected chi connectivity index (χ0v) is 16.4. The summed E-state index contributed by atoms with van der Waals surface area (Å²) in [7, 11) is 2.08. The number of pyridine rings is 1. The van der Waals surface area contributed by atoms with Gasteiger partial charge in [0.2, 0.25) is 5.69 Å². The van der Waals surface area contributed by atoms with E-state index in [1.807, 2.05) is 12.1 Å². The molecule has 0 aliphatic carbocycles. The summed E-state index contributed by atoms with van der Waals surface area (Å²) in [6.45, 7) is 8.72. The van der Waals surface area contributed by atoms with E-state index in [2.05, 4.69) is 69.8 Å². The summed E-state index contributed by atoms with van der Waals surface area (Å²) in [5.74, 6) is 0.449. The van der Waals surface area contributed by atoms with Crippen LogP contribution in [0.25, 0.3) is 33.2 Å². The van der Waals surface area contributed by atoms with Crippen molar-refractivity contribution < 1.29 is 8.98 Å². The first-order chi connectivity index (χ1) is 12.9. The minimum atomic E-state index is 0.449. The number of fused-ring (bicyclic) bond motifs is 3. The Labute approximate surface area is 159 Å². The van der Waals surface area contributed by atoms with Gasteiger partial charge in [-0.25, -0.2) is 4.57 Å². The lowest BCUT2D eigenvalue weighted by Crippen LogP contribution is -2.32. The molecule has 0 saturated heterocycles. The lowest BCUT2D eigenvalue weighted by molar-refractivity contribution is -0.660. The number of aromatic nitrogens is 1. The Morgan fingerprint density at radius 3 is 2.44 bits per heavy atom. The summed E-state index contributed by atoms with van der Waals surface area (Å²) in [4.78, 5) is 0. The third-order valence-electron chi connectivity index (χ3n) is 5.39. The Kier molecular flexibility index (Phi) is 4.00. The molecule has 0 fully saturated rings. The molecular formula is C24H23N2O+. The number of aryl methyl sites for hydroxylation is 3. The second-order valence-corrected chi connectivity index (χ2v) is 7.59. The van der Waals surface area contributed by atoms with Crippen molar-refractivity contribution >= 4 is 21.9 Å². The quantitative estimate of drug-likeness (QED) is 0.433. The summed E-state index contributed by atoms with van der Waals surface area (Å²) < 4.78 is 8.46. The molecule has 0 spiro atoms. The summed E-state index contributed by atoms with van der Waals surface area (Å²) >= 11 is 0. The number of furan rings is 1. The number of para-hydroxylation sites is 1. The molecule has 0 atom stereocenters. The standard InChI is InChI=1S/C24H23N2O/c1-14(2)20-11-21(26(5)13-16(20)4)22-15(3)9-10-19-18-8-6-7-17(12-25)23(18)27-24(19)22/h6-11,13-14H,1-5H3/q+1. The van der Waals surface area contributed by atoms with E-state index >= 15 is 0 Å². The van der Waals surface area contributed by atoms with E-state index in [1.54, 1.807) is 6.07 Å². The third-order valence-corrected chi connectivity index (χ3v) is 5.39. The van der Waals surface area contributed by atoms with E-state index in [9.17, 15) is 5.26 Å². The van der Waals surface area contributed by atoms with E-state index in [0.717, 1.165) is 33.2 Å². The SMILES string of the molecule is Cc1c[n+](C)c(-c2c(C)ccc3c2oc2c(C#N)cccc23)cc1C(C)C. The molecule has 4 aromatic rings. The largest absolute Gasteiger partial charge is 0.454 e. The van der Waals surface area contributed by atoms with Crippen LogP contribution >= 0.6 is 0 Å². The van der Waals surface area contributed by atoms with Crippen molar-refractivity contribution in [2.45, 2.75) is 33.6 Å². The topological polar surface area (TPSA) is 40.8 Å². The van der Waals surface area contributed by atoms with Crippen LogP contribution < -0.4 is 4.57 Å². The van der Waals surface area contributed by atoms with Gasteiger partial charge in [0.1, 0.15) is 18.7 Å². The summed E-state index contributed by atoms with van der Waals surface area (Å²) in [5.41, 5.74) is 8.10. The van der Waals surface area contributed by atoms with Crippen molar-refractivity contribution in [1.82, 2.24) is 0 Å². The van der Waals surface area contributed by atoms with Gasteiger partial charge in [-0.15, -0.1) is 0 Å². The first kappa shape index (κ1) is 17.3. The molecule has 0 unspecified atom stereocenters. The van der Waals surface area contributed by atoms with E-state index in [0.29, 0.717) is 17.1 Å². The van der Waals surface area contributed by atoms with Gasteiger partial charge >= 0.3 is 0 Å². The second kappa shape index (κ2) is 6.25. The van der Waals surface area contributed by atoms with Gasteiger partial charge in [0.15, 0.2) is 11.8 Å². The number of nitrogens with zero attached hydrogens (tertiary/aromatic N) is 2. The van der Waals surface area contributed by atoms with E-state index in [4.69, 9.17) is 4.42 Å². The van der Waals surface area contributed by atoms with Crippen LogP contribution in [0.4, 0.5) is 0 Å². The van der Waals surface area contributed by atoms with Crippen molar-refractivity contribution in [2.24, 2.45) is 7.05 Å². The fraction of sp³-hybridized carbons (Fsp3) is 0.250. The normalized spacial score (nSPS) is 11.4. The number of benzene rings is 2. The molecule has 0 saturated carbocycles. The van der Waals surface area contributed by atoms with Gasteiger partial charge in [0, 0.05) is 22.4 Å². The number of hydrogen-bond acceptors (Lipinski definition) is 2. The monoisotopic (exact) mass is 355 g/mol. The molecule has 134 valence electrons. The van der Waals surface area contributed by atoms with Crippen LogP contribution in [-0.2, 0) is 7.05 Å². The van der Waals surface area contributed by atoms with E-state index in [-0.39, 0.29) is 0 Å². The van der Waals surface area contributed by atoms with Crippen LogP contribution in [0.5, 0.6) is 0 Å². The highest BCUT2D eigenvalue weighted by Crippen LogP contribution is 2.38. The van der Waals surface area contributed by atoms with Crippen molar-refractivity contribution in [3.63, 3.8) is 0 Å². The van der Waals surface area contributed by atoms with Crippen molar-refractivity contribution in [3.8, 4) is 17.3 Å². The van der Waals surface area contributed by atoms with E-state index < -0.39 is 0 Å². The number of rotatable bonds is 2. The Bertz CT molecular complexity index is 1240. The maximum Gasteiger partial charge on any atom is 0.216 e. The molecule has 3 heteroatoms. The molecule has 0 aliphatic rings. The zero-order valence-electron chi connectivity index (χ0n) is 16.4. The average Bonchev–Trinajstić information content (AvgIpc) is 3.00. The average molecular weight is 355 g/mol. The van der Waals surface area contributed by atoms with Crippen LogP contribution in [0.1, 0.15) is 42.0 Å². The zero-order chi connectivity index (χ0) is 19.3. The van der Waals surface area contributed by atoms with Gasteiger partial charge in [-0.05, 0) is 37.0 Å². The molecule has 0 radical (unpaired) electrons. The summed E-state index contributed by atoms with van der Waals surface area (Å²) in [6, 6.07) is 14.5. The molecule has 2 aromatic heterocycles. The maximum atomic E-state index is 9.46. The predicted molar refractivity (Wildman–Crippen MR) is 109 cm³/mol. The minimum Gasteiger partial charge on any atom is -0.454 e. The van der Waals surface area contributed by atoms with Crippen molar-refractivity contribution in [1.29, 1.82) is 5.26 Å². The molecule has 0 bridgehead atoms. The van der Waals surface area contributed by atoms with Crippen LogP contribution in [0.2, 0.25) is 0 Å². The fourth-order valence-corrected chi connectivity index (χ4v) is 4.03. The smallest absolute Gasteiger partial charge is 0.216 e. The van der Waals surface area contributed by atoms with Crippen molar-refractivity contribution in [3.05, 3.63) is 64.8 Å². The third kappa shape index (κ3) is 2.61. The molecule has 2 aromatic carbocycles. The van der Waals surface area contributed by atoms with Gasteiger partial charge in [-0.1, -0.05) is 38.1 Å². The molecule has 27 heavy (non-hydrogen) atoms. The van der Waals surface area contributed by atoms with Crippen LogP contribution in [-0.4, -0.2) is 0 Å². The highest BCUT2D eigenvalue weighted by Gasteiger charge is 2.23. The molecule has 4 rings (SSSR count). The highest BCUT2D eigenvalue weighted by molar-refractivity contribution is 6.10. The molecular weight excluding hydrogens is 332 g/mol. The maximum absolute atomic E-state index is 9.46. The Morgan fingerprint density at radius 1 is 1.00 bits per heavy atom. The molecule has 0 aliphatic heterocycles. The van der Waals surface area contributed by atoms with Crippen LogP contribution in [0, 0.1) is 25.2 Å². The molecule has 3 nitrogen and oxygen atoms in total. The molecule has 0 amide bonds. The first-order valence-electron chi connectivity index (χ1n) is 9.27. The van der Waals surface area contributed by atoms with Gasteiger partial charge < -0.3 is 4.42 Å². The Balaban J connectivity index is 2.13. The van der Waals surface area contributed by atoms with Gasteiger partial charge in [-0.3, -0.25) is 0 Å².